The Bertz CT molecular complexity index is 695. The summed E-state index contributed by atoms with van der Waals surface area (Å²) >= 11 is 0. The normalized spacial score (nSPS) is 13.3. The fourth-order valence-corrected chi connectivity index (χ4v) is 2.88. The van der Waals surface area contributed by atoms with E-state index in [1.54, 1.807) is 0 Å². The average molecular weight is 310 g/mol. The number of hydrogen-bond acceptors (Lipinski definition) is 3. The molecule has 0 spiro atoms. The molecule has 0 saturated carbocycles. The number of ether oxygens (including phenoxy) is 1. The van der Waals surface area contributed by atoms with Crippen molar-refractivity contribution in [2.45, 2.75) is 26.2 Å². The van der Waals surface area contributed by atoms with Gasteiger partial charge in [-0.1, -0.05) is 19.1 Å². The fraction of sp³-hybridized carbons (Fsp3) is 0.316. The molecule has 0 fully saturated rings. The van der Waals surface area contributed by atoms with E-state index in [4.69, 9.17) is 10.5 Å². The zero-order valence-corrected chi connectivity index (χ0v) is 13.4. The van der Waals surface area contributed by atoms with E-state index in [0.717, 1.165) is 35.5 Å². The van der Waals surface area contributed by atoms with Crippen molar-refractivity contribution >= 4 is 17.3 Å². The second kappa shape index (κ2) is 6.73. The molecule has 1 aliphatic heterocycles. The van der Waals surface area contributed by atoms with Gasteiger partial charge in [0.25, 0.3) is 0 Å². The van der Waals surface area contributed by atoms with E-state index in [2.05, 4.69) is 25.1 Å². The van der Waals surface area contributed by atoms with Gasteiger partial charge in [-0.15, -0.1) is 0 Å². The Morgan fingerprint density at radius 3 is 2.70 bits per heavy atom. The van der Waals surface area contributed by atoms with Gasteiger partial charge < -0.3 is 15.4 Å². The van der Waals surface area contributed by atoms with Crippen LogP contribution in [0.15, 0.2) is 42.5 Å². The predicted molar refractivity (Wildman–Crippen MR) is 92.8 cm³/mol. The molecule has 4 nitrogen and oxygen atoms in total. The quantitative estimate of drug-likeness (QED) is 0.658. The van der Waals surface area contributed by atoms with Crippen molar-refractivity contribution in [2.24, 2.45) is 0 Å². The van der Waals surface area contributed by atoms with Crippen molar-refractivity contribution in [3.8, 4) is 5.75 Å². The number of amides is 1. The Kier molecular flexibility index (Phi) is 4.51. The lowest BCUT2D eigenvalue weighted by molar-refractivity contribution is -0.117. The highest BCUT2D eigenvalue weighted by molar-refractivity contribution is 6.01. The van der Waals surface area contributed by atoms with Crippen LogP contribution in [0.2, 0.25) is 0 Å². The van der Waals surface area contributed by atoms with Crippen molar-refractivity contribution < 1.29 is 9.53 Å². The van der Waals surface area contributed by atoms with Gasteiger partial charge in [-0.25, -0.2) is 0 Å². The molecule has 4 heteroatoms. The topological polar surface area (TPSA) is 55.6 Å². The van der Waals surface area contributed by atoms with Crippen LogP contribution < -0.4 is 15.4 Å². The van der Waals surface area contributed by atoms with E-state index in [-0.39, 0.29) is 5.91 Å². The fourth-order valence-electron chi connectivity index (χ4n) is 2.88. The first-order chi connectivity index (χ1) is 11.2. The van der Waals surface area contributed by atoms with Gasteiger partial charge in [0.15, 0.2) is 0 Å². The minimum absolute atomic E-state index is 0.181. The van der Waals surface area contributed by atoms with E-state index < -0.39 is 0 Å². The summed E-state index contributed by atoms with van der Waals surface area (Å²) in [5, 5.41) is 0. The van der Waals surface area contributed by atoms with Crippen molar-refractivity contribution in [2.75, 3.05) is 23.8 Å². The van der Waals surface area contributed by atoms with Crippen LogP contribution in [0, 0.1) is 0 Å². The van der Waals surface area contributed by atoms with Gasteiger partial charge in [0, 0.05) is 17.9 Å². The first-order valence-corrected chi connectivity index (χ1v) is 8.08. The first kappa shape index (κ1) is 15.4. The van der Waals surface area contributed by atoms with E-state index in [1.807, 2.05) is 29.2 Å². The van der Waals surface area contributed by atoms with Crippen LogP contribution in [0.1, 0.15) is 24.5 Å². The molecule has 2 aromatic carbocycles. The molecule has 0 atom stereocenters. The van der Waals surface area contributed by atoms with Gasteiger partial charge in [0.05, 0.1) is 13.0 Å². The number of anilines is 2. The molecule has 23 heavy (non-hydrogen) atoms. The van der Waals surface area contributed by atoms with Gasteiger partial charge >= 0.3 is 0 Å². The summed E-state index contributed by atoms with van der Waals surface area (Å²) < 4.78 is 5.69. The van der Waals surface area contributed by atoms with E-state index >= 15 is 0 Å². The second-order valence-corrected chi connectivity index (χ2v) is 5.81. The van der Waals surface area contributed by atoms with Gasteiger partial charge in [-0.05, 0) is 54.3 Å². The molecule has 1 amide bonds. The highest BCUT2D eigenvalue weighted by Gasteiger charge is 2.26. The summed E-state index contributed by atoms with van der Waals surface area (Å²) in [4.78, 5) is 14.1. The number of benzene rings is 2. The zero-order chi connectivity index (χ0) is 16.2. The van der Waals surface area contributed by atoms with Crippen molar-refractivity contribution in [1.82, 2.24) is 0 Å². The Morgan fingerprint density at radius 2 is 1.96 bits per heavy atom. The number of carbonyl (C=O) groups excluding carboxylic acids is 1. The van der Waals surface area contributed by atoms with Crippen LogP contribution >= 0.6 is 0 Å². The third kappa shape index (κ3) is 3.47. The molecule has 0 radical (unpaired) electrons. The maximum atomic E-state index is 12.2. The van der Waals surface area contributed by atoms with E-state index in [9.17, 15) is 4.79 Å². The third-order valence-electron chi connectivity index (χ3n) is 4.16. The number of nitrogens with zero attached hydrogens (tertiary/aromatic N) is 1. The zero-order valence-electron chi connectivity index (χ0n) is 13.4. The summed E-state index contributed by atoms with van der Waals surface area (Å²) in [7, 11) is 0. The lowest BCUT2D eigenvalue weighted by Crippen LogP contribution is -2.28. The van der Waals surface area contributed by atoms with Crippen LogP contribution in [-0.2, 0) is 17.6 Å². The smallest absolute Gasteiger partial charge is 0.231 e. The number of nitrogens with two attached hydrogens (primary N) is 1. The molecule has 1 heterocycles. The number of carbonyl (C=O) groups is 1. The Hall–Kier alpha value is -2.49. The maximum Gasteiger partial charge on any atom is 0.231 e. The Morgan fingerprint density at radius 1 is 1.17 bits per heavy atom. The largest absolute Gasteiger partial charge is 0.494 e. The minimum atomic E-state index is 0.181. The van der Waals surface area contributed by atoms with Crippen LogP contribution in [0.3, 0.4) is 0 Å². The van der Waals surface area contributed by atoms with E-state index in [1.165, 1.54) is 5.56 Å². The second-order valence-electron chi connectivity index (χ2n) is 5.81. The Labute approximate surface area is 136 Å². The minimum Gasteiger partial charge on any atom is -0.494 e. The van der Waals surface area contributed by atoms with Gasteiger partial charge in [-0.2, -0.15) is 0 Å². The van der Waals surface area contributed by atoms with Gasteiger partial charge in [0.1, 0.15) is 5.75 Å². The third-order valence-corrected chi connectivity index (χ3v) is 4.16. The molecule has 0 bridgehead atoms. The Balaban J connectivity index is 1.55. The SMILES string of the molecule is CCc1ccc2c(c1)CC(=O)N2CCCOc1ccc(N)cc1. The number of aryl methyl sites for hydroxylation is 1. The van der Waals surface area contributed by atoms with Crippen LogP contribution in [0.4, 0.5) is 11.4 Å². The lowest BCUT2D eigenvalue weighted by Gasteiger charge is -2.18. The monoisotopic (exact) mass is 310 g/mol. The van der Waals surface area contributed by atoms with Crippen LogP contribution in [0.25, 0.3) is 0 Å². The summed E-state index contributed by atoms with van der Waals surface area (Å²) in [6.45, 7) is 3.40. The van der Waals surface area contributed by atoms with Gasteiger partial charge in [-0.3, -0.25) is 4.79 Å². The molecule has 2 aromatic rings. The summed E-state index contributed by atoms with van der Waals surface area (Å²) in [5.74, 6) is 0.987. The summed E-state index contributed by atoms with van der Waals surface area (Å²) in [6.07, 6.45) is 2.31. The molecule has 0 aliphatic carbocycles. The van der Waals surface area contributed by atoms with Crippen molar-refractivity contribution in [3.05, 3.63) is 53.6 Å². The molecule has 2 N–H and O–H groups in total. The molecule has 0 aromatic heterocycles. The van der Waals surface area contributed by atoms with Crippen molar-refractivity contribution in [1.29, 1.82) is 0 Å². The first-order valence-electron chi connectivity index (χ1n) is 8.08. The van der Waals surface area contributed by atoms with Crippen molar-refractivity contribution in [3.63, 3.8) is 0 Å². The number of hydrogen-bond donors (Lipinski definition) is 1. The van der Waals surface area contributed by atoms with Crippen LogP contribution in [-0.4, -0.2) is 19.1 Å². The molecule has 3 rings (SSSR count). The number of fused-ring (bicyclic) bond motifs is 1. The van der Waals surface area contributed by atoms with Gasteiger partial charge in [0.2, 0.25) is 5.91 Å². The van der Waals surface area contributed by atoms with Crippen LogP contribution in [0.5, 0.6) is 5.75 Å². The summed E-state index contributed by atoms with van der Waals surface area (Å²) in [5.41, 5.74) is 9.86. The highest BCUT2D eigenvalue weighted by atomic mass is 16.5. The molecular weight excluding hydrogens is 288 g/mol. The standard InChI is InChI=1S/C19H22N2O2/c1-2-14-4-9-18-15(12-14)13-19(22)21(18)10-3-11-23-17-7-5-16(20)6-8-17/h4-9,12H,2-3,10-11,13,20H2,1H3. The van der Waals surface area contributed by atoms with E-state index in [0.29, 0.717) is 19.6 Å². The summed E-state index contributed by atoms with van der Waals surface area (Å²) in [6, 6.07) is 13.7. The number of nitrogen functional groups attached to an aromatic ring is 1. The highest BCUT2D eigenvalue weighted by Crippen LogP contribution is 2.30. The lowest BCUT2D eigenvalue weighted by atomic mass is 10.1. The predicted octanol–water partition coefficient (Wildman–Crippen LogP) is 3.19. The number of rotatable bonds is 6. The maximum absolute atomic E-state index is 12.2. The molecular formula is C19H22N2O2. The molecule has 0 saturated heterocycles. The molecule has 1 aliphatic rings. The molecule has 120 valence electrons. The molecule has 0 unspecified atom stereocenters. The average Bonchev–Trinajstić information content (AvgIpc) is 2.87.